The van der Waals surface area contributed by atoms with Gasteiger partial charge in [-0.2, -0.15) is 18.3 Å². The van der Waals surface area contributed by atoms with Crippen LogP contribution in [0.1, 0.15) is 5.56 Å². The van der Waals surface area contributed by atoms with E-state index < -0.39 is 29.8 Å². The van der Waals surface area contributed by atoms with Crippen LogP contribution >= 0.6 is 0 Å². The number of hydrogen-bond donors (Lipinski definition) is 1. The zero-order chi connectivity index (χ0) is 22.0. The highest BCUT2D eigenvalue weighted by Gasteiger charge is 2.30. The number of carbonyl (C=O) groups excluding carboxylic acids is 1. The Bertz CT molecular complexity index is 1320. The van der Waals surface area contributed by atoms with Crippen molar-refractivity contribution in [2.45, 2.75) is 12.7 Å². The van der Waals surface area contributed by atoms with E-state index in [-0.39, 0.29) is 5.69 Å². The van der Waals surface area contributed by atoms with Crippen molar-refractivity contribution in [3.05, 3.63) is 94.8 Å². The van der Waals surface area contributed by atoms with Crippen molar-refractivity contribution in [1.29, 1.82) is 0 Å². The minimum atomic E-state index is -4.52. The SMILES string of the molecule is O=C(Cn1nc(-c2cccc3ccccc23)ccc1=O)Nc1cccc(C(F)(F)F)c1. The number of anilines is 1. The summed E-state index contributed by atoms with van der Waals surface area (Å²) in [6, 6.07) is 20.6. The fourth-order valence-electron chi connectivity index (χ4n) is 3.26. The first-order valence-electron chi connectivity index (χ1n) is 9.35. The maximum absolute atomic E-state index is 12.9. The average Bonchev–Trinajstić information content (AvgIpc) is 2.74. The second kappa shape index (κ2) is 8.06. The van der Waals surface area contributed by atoms with E-state index in [1.54, 1.807) is 6.07 Å². The van der Waals surface area contributed by atoms with Crippen molar-refractivity contribution >= 4 is 22.4 Å². The Labute approximate surface area is 174 Å². The van der Waals surface area contributed by atoms with Crippen molar-refractivity contribution in [1.82, 2.24) is 9.78 Å². The van der Waals surface area contributed by atoms with Crippen LogP contribution < -0.4 is 10.9 Å². The van der Waals surface area contributed by atoms with E-state index in [2.05, 4.69) is 10.4 Å². The summed E-state index contributed by atoms with van der Waals surface area (Å²) >= 11 is 0. The molecule has 0 bridgehead atoms. The summed E-state index contributed by atoms with van der Waals surface area (Å²) in [4.78, 5) is 24.6. The van der Waals surface area contributed by atoms with Gasteiger partial charge in [0.1, 0.15) is 6.54 Å². The summed E-state index contributed by atoms with van der Waals surface area (Å²) in [5, 5.41) is 8.62. The van der Waals surface area contributed by atoms with E-state index in [0.717, 1.165) is 33.2 Å². The average molecular weight is 423 g/mol. The van der Waals surface area contributed by atoms with Gasteiger partial charge in [0, 0.05) is 17.3 Å². The van der Waals surface area contributed by atoms with Crippen molar-refractivity contribution in [2.75, 3.05) is 5.32 Å². The van der Waals surface area contributed by atoms with E-state index in [1.165, 1.54) is 18.2 Å². The largest absolute Gasteiger partial charge is 0.416 e. The van der Waals surface area contributed by atoms with E-state index in [4.69, 9.17) is 0 Å². The maximum Gasteiger partial charge on any atom is 0.416 e. The molecule has 4 aromatic rings. The van der Waals surface area contributed by atoms with Gasteiger partial charge in [0.05, 0.1) is 11.3 Å². The molecule has 4 rings (SSSR count). The van der Waals surface area contributed by atoms with Crippen LogP contribution in [0.4, 0.5) is 18.9 Å². The second-order valence-corrected chi connectivity index (χ2v) is 6.87. The molecule has 1 N–H and O–H groups in total. The van der Waals surface area contributed by atoms with Gasteiger partial charge >= 0.3 is 6.18 Å². The summed E-state index contributed by atoms with van der Waals surface area (Å²) in [5.41, 5.74) is -0.0896. The fourth-order valence-corrected chi connectivity index (χ4v) is 3.26. The summed E-state index contributed by atoms with van der Waals surface area (Å²) in [6.07, 6.45) is -4.52. The number of halogens is 3. The Hall–Kier alpha value is -3.94. The monoisotopic (exact) mass is 423 g/mol. The predicted molar refractivity (Wildman–Crippen MR) is 112 cm³/mol. The molecule has 0 aliphatic carbocycles. The zero-order valence-electron chi connectivity index (χ0n) is 16.1. The molecule has 1 heterocycles. The molecule has 0 spiro atoms. The van der Waals surface area contributed by atoms with Crippen molar-refractivity contribution < 1.29 is 18.0 Å². The van der Waals surface area contributed by atoms with Crippen LogP contribution in [-0.2, 0) is 17.5 Å². The van der Waals surface area contributed by atoms with Crippen molar-refractivity contribution in [3.63, 3.8) is 0 Å². The lowest BCUT2D eigenvalue weighted by atomic mass is 10.0. The molecular formula is C23H16F3N3O2. The molecule has 0 aliphatic heterocycles. The van der Waals surface area contributed by atoms with E-state index in [0.29, 0.717) is 5.69 Å². The summed E-state index contributed by atoms with van der Waals surface area (Å²) in [7, 11) is 0. The number of nitrogens with zero attached hydrogens (tertiary/aromatic N) is 2. The highest BCUT2D eigenvalue weighted by Crippen LogP contribution is 2.30. The number of amides is 1. The Morgan fingerprint density at radius 3 is 2.48 bits per heavy atom. The Morgan fingerprint density at radius 1 is 0.935 bits per heavy atom. The fraction of sp³-hybridized carbons (Fsp3) is 0.0870. The van der Waals surface area contributed by atoms with Crippen LogP contribution in [0.5, 0.6) is 0 Å². The van der Waals surface area contributed by atoms with Gasteiger partial charge in [-0.05, 0) is 35.0 Å². The topological polar surface area (TPSA) is 64.0 Å². The highest BCUT2D eigenvalue weighted by molar-refractivity contribution is 5.95. The Morgan fingerprint density at radius 2 is 1.68 bits per heavy atom. The van der Waals surface area contributed by atoms with Gasteiger partial charge in [-0.25, -0.2) is 4.68 Å². The molecule has 1 amide bonds. The molecule has 0 unspecified atom stereocenters. The molecule has 0 radical (unpaired) electrons. The molecule has 0 aliphatic rings. The number of nitrogens with one attached hydrogen (secondary N) is 1. The first-order chi connectivity index (χ1) is 14.8. The molecule has 1 aromatic heterocycles. The van der Waals surface area contributed by atoms with Gasteiger partial charge in [0.25, 0.3) is 5.56 Å². The van der Waals surface area contributed by atoms with Crippen molar-refractivity contribution in [2.24, 2.45) is 0 Å². The van der Waals surface area contributed by atoms with Gasteiger partial charge in [-0.3, -0.25) is 9.59 Å². The van der Waals surface area contributed by atoms with Crippen LogP contribution in [0, 0.1) is 0 Å². The third kappa shape index (κ3) is 4.48. The van der Waals surface area contributed by atoms with E-state index in [9.17, 15) is 22.8 Å². The van der Waals surface area contributed by atoms with Gasteiger partial charge in [0.2, 0.25) is 5.91 Å². The third-order valence-electron chi connectivity index (χ3n) is 4.70. The number of carbonyl (C=O) groups is 1. The number of aromatic nitrogens is 2. The number of alkyl halides is 3. The minimum absolute atomic E-state index is 0.0157. The molecular weight excluding hydrogens is 407 g/mol. The van der Waals surface area contributed by atoms with Crippen LogP contribution in [0.2, 0.25) is 0 Å². The van der Waals surface area contributed by atoms with Gasteiger partial charge in [-0.1, -0.05) is 48.5 Å². The molecule has 3 aromatic carbocycles. The first kappa shape index (κ1) is 20.3. The lowest BCUT2D eigenvalue weighted by Crippen LogP contribution is -2.29. The van der Waals surface area contributed by atoms with Gasteiger partial charge < -0.3 is 5.32 Å². The smallest absolute Gasteiger partial charge is 0.324 e. The second-order valence-electron chi connectivity index (χ2n) is 6.87. The number of rotatable bonds is 4. The lowest BCUT2D eigenvalue weighted by molar-refractivity contribution is -0.137. The third-order valence-corrected chi connectivity index (χ3v) is 4.70. The number of hydrogen-bond acceptors (Lipinski definition) is 3. The number of fused-ring (bicyclic) bond motifs is 1. The van der Waals surface area contributed by atoms with E-state index >= 15 is 0 Å². The van der Waals surface area contributed by atoms with Crippen LogP contribution in [0.15, 0.2) is 83.7 Å². The van der Waals surface area contributed by atoms with Gasteiger partial charge in [-0.15, -0.1) is 0 Å². The van der Waals surface area contributed by atoms with Gasteiger partial charge in [0.15, 0.2) is 0 Å². The molecule has 5 nitrogen and oxygen atoms in total. The summed E-state index contributed by atoms with van der Waals surface area (Å²) in [6.45, 7) is -0.437. The lowest BCUT2D eigenvalue weighted by Gasteiger charge is -2.11. The molecule has 0 atom stereocenters. The number of benzene rings is 3. The molecule has 0 fully saturated rings. The van der Waals surface area contributed by atoms with Crippen LogP contribution in [-0.4, -0.2) is 15.7 Å². The first-order valence-corrected chi connectivity index (χ1v) is 9.35. The van der Waals surface area contributed by atoms with Crippen molar-refractivity contribution in [3.8, 4) is 11.3 Å². The molecule has 8 heteroatoms. The minimum Gasteiger partial charge on any atom is -0.324 e. The van der Waals surface area contributed by atoms with E-state index in [1.807, 2.05) is 42.5 Å². The standard InChI is InChI=1S/C23H16F3N3O2/c24-23(25,26)16-7-4-8-17(13-16)27-21(30)14-29-22(31)12-11-20(28-29)19-10-3-6-15-5-1-2-9-18(15)19/h1-13H,14H2,(H,27,30). The van der Waals surface area contributed by atoms with Crippen LogP contribution in [0.25, 0.3) is 22.0 Å². The quantitative estimate of drug-likeness (QED) is 0.517. The zero-order valence-corrected chi connectivity index (χ0v) is 16.1. The molecule has 0 saturated carbocycles. The Balaban J connectivity index is 1.60. The summed E-state index contributed by atoms with van der Waals surface area (Å²) in [5.74, 6) is -0.663. The normalized spacial score (nSPS) is 11.5. The molecule has 31 heavy (non-hydrogen) atoms. The Kier molecular flexibility index (Phi) is 5.29. The van der Waals surface area contributed by atoms with Crippen LogP contribution in [0.3, 0.4) is 0 Å². The molecule has 0 saturated heterocycles. The summed E-state index contributed by atoms with van der Waals surface area (Å²) < 4.78 is 39.5. The molecule has 156 valence electrons. The highest BCUT2D eigenvalue weighted by atomic mass is 19.4. The predicted octanol–water partition coefficient (Wildman–Crippen LogP) is 4.72. The maximum atomic E-state index is 12.9.